The molecule has 2 heteroatoms. The van der Waals surface area contributed by atoms with Gasteiger partial charge in [-0.3, -0.25) is 0 Å². The summed E-state index contributed by atoms with van der Waals surface area (Å²) in [6.07, 6.45) is 2.16. The molecule has 0 bridgehead atoms. The van der Waals surface area contributed by atoms with Gasteiger partial charge >= 0.3 is 0 Å². The van der Waals surface area contributed by atoms with E-state index in [1.54, 1.807) is 0 Å². The molecule has 1 nitrogen and oxygen atoms in total. The Morgan fingerprint density at radius 3 is 2.24 bits per heavy atom. The van der Waals surface area contributed by atoms with Crippen LogP contribution in [0.1, 0.15) is 37.8 Å². The first kappa shape index (κ1) is 16.3. The zero-order chi connectivity index (χ0) is 15.3. The number of hydrogen-bond acceptors (Lipinski definition) is 1. The SMILES string of the molecule is CCC(CC)(c1ccccc1)C(O)Cc1cccc(Br)c1. The van der Waals surface area contributed by atoms with Gasteiger partial charge in [-0.2, -0.15) is 0 Å². The summed E-state index contributed by atoms with van der Waals surface area (Å²) >= 11 is 3.50. The normalized spacial score (nSPS) is 13.1. The van der Waals surface area contributed by atoms with Gasteiger partial charge in [0.2, 0.25) is 0 Å². The number of hydrogen-bond donors (Lipinski definition) is 1. The Morgan fingerprint density at radius 1 is 1.00 bits per heavy atom. The maximum absolute atomic E-state index is 10.9. The average molecular weight is 347 g/mol. The van der Waals surface area contributed by atoms with Crippen molar-refractivity contribution in [2.24, 2.45) is 0 Å². The van der Waals surface area contributed by atoms with Crippen molar-refractivity contribution in [3.63, 3.8) is 0 Å². The van der Waals surface area contributed by atoms with Crippen molar-refractivity contribution in [2.45, 2.75) is 44.6 Å². The van der Waals surface area contributed by atoms with Crippen LogP contribution in [0.5, 0.6) is 0 Å². The van der Waals surface area contributed by atoms with E-state index in [4.69, 9.17) is 0 Å². The lowest BCUT2D eigenvalue weighted by Crippen LogP contribution is -2.40. The molecule has 1 N–H and O–H groups in total. The van der Waals surface area contributed by atoms with Crippen LogP contribution in [-0.2, 0) is 11.8 Å². The van der Waals surface area contributed by atoms with Crippen LogP contribution >= 0.6 is 15.9 Å². The Labute approximate surface area is 136 Å². The number of rotatable bonds is 6. The standard InChI is InChI=1S/C19H23BrO/c1-3-19(4-2,16-10-6-5-7-11-16)18(21)14-15-9-8-12-17(20)13-15/h5-13,18,21H,3-4,14H2,1-2H3. The van der Waals surface area contributed by atoms with Crippen molar-refractivity contribution in [1.82, 2.24) is 0 Å². The van der Waals surface area contributed by atoms with E-state index < -0.39 is 0 Å². The first-order chi connectivity index (χ1) is 10.1. The molecule has 1 atom stereocenters. The monoisotopic (exact) mass is 346 g/mol. The highest BCUT2D eigenvalue weighted by atomic mass is 79.9. The van der Waals surface area contributed by atoms with Crippen LogP contribution in [0.25, 0.3) is 0 Å². The van der Waals surface area contributed by atoms with Crippen LogP contribution in [-0.4, -0.2) is 11.2 Å². The molecule has 2 aromatic carbocycles. The molecule has 0 amide bonds. The lowest BCUT2D eigenvalue weighted by Gasteiger charge is -2.37. The van der Waals surface area contributed by atoms with Crippen molar-refractivity contribution in [3.05, 3.63) is 70.2 Å². The van der Waals surface area contributed by atoms with E-state index >= 15 is 0 Å². The van der Waals surface area contributed by atoms with Crippen LogP contribution in [0.2, 0.25) is 0 Å². The molecule has 0 saturated carbocycles. The van der Waals surface area contributed by atoms with Gasteiger partial charge in [-0.05, 0) is 42.5 Å². The number of aliphatic hydroxyl groups excluding tert-OH is 1. The molecule has 0 spiro atoms. The first-order valence-corrected chi connectivity index (χ1v) is 8.39. The van der Waals surface area contributed by atoms with Crippen LogP contribution in [0.4, 0.5) is 0 Å². The van der Waals surface area contributed by atoms with Gasteiger partial charge in [0.15, 0.2) is 0 Å². The van der Waals surface area contributed by atoms with Gasteiger partial charge in [-0.15, -0.1) is 0 Å². The van der Waals surface area contributed by atoms with Crippen molar-refractivity contribution >= 4 is 15.9 Å². The van der Waals surface area contributed by atoms with Crippen molar-refractivity contribution < 1.29 is 5.11 Å². The van der Waals surface area contributed by atoms with Gasteiger partial charge in [0.25, 0.3) is 0 Å². The molecule has 2 rings (SSSR count). The van der Waals surface area contributed by atoms with Crippen molar-refractivity contribution in [1.29, 1.82) is 0 Å². The second-order valence-electron chi connectivity index (χ2n) is 5.58. The van der Waals surface area contributed by atoms with Crippen molar-refractivity contribution in [3.8, 4) is 0 Å². The van der Waals surface area contributed by atoms with E-state index in [1.165, 1.54) is 11.1 Å². The molecule has 0 saturated heterocycles. The minimum atomic E-state index is -0.385. The fourth-order valence-corrected chi connectivity index (χ4v) is 3.62. The summed E-state index contributed by atoms with van der Waals surface area (Å²) in [6.45, 7) is 4.33. The van der Waals surface area contributed by atoms with Gasteiger partial charge in [0.05, 0.1) is 6.10 Å². The second kappa shape index (κ2) is 7.24. The molecule has 1 unspecified atom stereocenters. The Hall–Kier alpha value is -1.12. The minimum absolute atomic E-state index is 0.177. The molecule has 0 aliphatic heterocycles. The molecule has 21 heavy (non-hydrogen) atoms. The minimum Gasteiger partial charge on any atom is -0.392 e. The fourth-order valence-electron chi connectivity index (χ4n) is 3.17. The smallest absolute Gasteiger partial charge is 0.0676 e. The molecule has 0 aromatic heterocycles. The quantitative estimate of drug-likeness (QED) is 0.770. The second-order valence-corrected chi connectivity index (χ2v) is 6.49. The molecule has 0 heterocycles. The van der Waals surface area contributed by atoms with E-state index in [0.29, 0.717) is 6.42 Å². The third-order valence-electron chi connectivity index (χ3n) is 4.57. The molecule has 2 aromatic rings. The van der Waals surface area contributed by atoms with Crippen LogP contribution in [0.3, 0.4) is 0 Å². The summed E-state index contributed by atoms with van der Waals surface area (Å²) in [5, 5.41) is 10.9. The topological polar surface area (TPSA) is 20.2 Å². The summed E-state index contributed by atoms with van der Waals surface area (Å²) in [7, 11) is 0. The summed E-state index contributed by atoms with van der Waals surface area (Å²) in [6, 6.07) is 18.6. The summed E-state index contributed by atoms with van der Waals surface area (Å²) in [4.78, 5) is 0. The maximum Gasteiger partial charge on any atom is 0.0676 e. The predicted octanol–water partition coefficient (Wildman–Crippen LogP) is 5.11. The van der Waals surface area contributed by atoms with Gasteiger partial charge in [0, 0.05) is 9.89 Å². The summed E-state index contributed by atoms with van der Waals surface area (Å²) < 4.78 is 1.06. The average Bonchev–Trinajstić information content (AvgIpc) is 2.50. The van der Waals surface area contributed by atoms with E-state index in [2.05, 4.69) is 66.2 Å². The highest BCUT2D eigenvalue weighted by Crippen LogP contribution is 2.36. The molecule has 0 radical (unpaired) electrons. The molecular formula is C19H23BrO. The number of halogens is 1. The number of benzene rings is 2. The Morgan fingerprint density at radius 2 is 1.67 bits per heavy atom. The van der Waals surface area contributed by atoms with Crippen LogP contribution in [0, 0.1) is 0 Å². The van der Waals surface area contributed by atoms with E-state index in [9.17, 15) is 5.11 Å². The molecule has 0 aliphatic carbocycles. The lowest BCUT2D eigenvalue weighted by atomic mass is 9.70. The zero-order valence-electron chi connectivity index (χ0n) is 12.7. The van der Waals surface area contributed by atoms with Gasteiger partial charge in [-0.1, -0.05) is 72.2 Å². The highest BCUT2D eigenvalue weighted by molar-refractivity contribution is 9.10. The maximum atomic E-state index is 10.9. The Balaban J connectivity index is 2.29. The summed E-state index contributed by atoms with van der Waals surface area (Å²) in [5.74, 6) is 0. The predicted molar refractivity (Wildman–Crippen MR) is 92.6 cm³/mol. The fraction of sp³-hybridized carbons (Fsp3) is 0.368. The van der Waals surface area contributed by atoms with Gasteiger partial charge < -0.3 is 5.11 Å². The Bertz CT molecular complexity index is 561. The molecule has 112 valence electrons. The van der Waals surface area contributed by atoms with E-state index in [-0.39, 0.29) is 11.5 Å². The molecule has 0 fully saturated rings. The van der Waals surface area contributed by atoms with Gasteiger partial charge in [-0.25, -0.2) is 0 Å². The Kier molecular flexibility index (Phi) is 5.60. The lowest BCUT2D eigenvalue weighted by molar-refractivity contribution is 0.0734. The van der Waals surface area contributed by atoms with E-state index in [0.717, 1.165) is 17.3 Å². The van der Waals surface area contributed by atoms with Gasteiger partial charge in [0.1, 0.15) is 0 Å². The van der Waals surface area contributed by atoms with Crippen LogP contribution in [0.15, 0.2) is 59.1 Å². The highest BCUT2D eigenvalue weighted by Gasteiger charge is 2.36. The largest absolute Gasteiger partial charge is 0.392 e. The molecule has 0 aliphatic rings. The zero-order valence-corrected chi connectivity index (χ0v) is 14.3. The molecular weight excluding hydrogens is 324 g/mol. The third-order valence-corrected chi connectivity index (χ3v) is 5.06. The number of aliphatic hydroxyl groups is 1. The first-order valence-electron chi connectivity index (χ1n) is 7.60. The third kappa shape index (κ3) is 3.56. The van der Waals surface area contributed by atoms with Crippen molar-refractivity contribution in [2.75, 3.05) is 0 Å². The van der Waals surface area contributed by atoms with Crippen LogP contribution < -0.4 is 0 Å². The summed E-state index contributed by atoms with van der Waals surface area (Å²) in [5.41, 5.74) is 2.22. The van der Waals surface area contributed by atoms with E-state index in [1.807, 2.05) is 18.2 Å².